The summed E-state index contributed by atoms with van der Waals surface area (Å²) in [6.07, 6.45) is 2.75. The van der Waals surface area contributed by atoms with Crippen molar-refractivity contribution >= 4 is 5.57 Å². The summed E-state index contributed by atoms with van der Waals surface area (Å²) < 4.78 is 0. The third-order valence-electron chi connectivity index (χ3n) is 4.54. The molecule has 1 unspecified atom stereocenters. The Labute approximate surface area is 143 Å². The summed E-state index contributed by atoms with van der Waals surface area (Å²) in [7, 11) is 0. The van der Waals surface area contributed by atoms with Crippen LogP contribution in [0.4, 0.5) is 0 Å². The molecule has 2 aromatic carbocycles. The van der Waals surface area contributed by atoms with E-state index in [1.54, 1.807) is 12.1 Å². The van der Waals surface area contributed by atoms with Gasteiger partial charge in [0.15, 0.2) is 0 Å². The standard InChI is InChI=1S/C21H22N2O/c1-16-3-2-4-20(13-16)18-9-11-23(12-10-18)15-21(24)19-7-5-17(14-22)6-8-19/h2-9,13,21,24H,10-12,15H2,1H3. The molecule has 1 aliphatic rings. The van der Waals surface area contributed by atoms with Gasteiger partial charge < -0.3 is 5.11 Å². The molecule has 0 spiro atoms. The van der Waals surface area contributed by atoms with Gasteiger partial charge in [-0.25, -0.2) is 0 Å². The van der Waals surface area contributed by atoms with Crippen molar-refractivity contribution in [2.24, 2.45) is 0 Å². The highest BCUT2D eigenvalue weighted by molar-refractivity contribution is 5.67. The summed E-state index contributed by atoms with van der Waals surface area (Å²) in [4.78, 5) is 2.27. The van der Waals surface area contributed by atoms with Gasteiger partial charge >= 0.3 is 0 Å². The maximum absolute atomic E-state index is 10.4. The Morgan fingerprint density at radius 2 is 2.00 bits per heavy atom. The number of β-amino-alcohol motifs (C(OH)–C–C–N with tert-alkyl or cyclic N) is 1. The minimum absolute atomic E-state index is 0.522. The van der Waals surface area contributed by atoms with E-state index in [4.69, 9.17) is 5.26 Å². The van der Waals surface area contributed by atoms with Crippen LogP contribution in [0.2, 0.25) is 0 Å². The molecule has 0 aromatic heterocycles. The minimum atomic E-state index is -0.522. The normalized spacial score (nSPS) is 16.3. The number of aliphatic hydroxyl groups is 1. The molecule has 1 heterocycles. The van der Waals surface area contributed by atoms with Crippen molar-refractivity contribution in [3.63, 3.8) is 0 Å². The quantitative estimate of drug-likeness (QED) is 0.935. The third kappa shape index (κ3) is 3.91. The Morgan fingerprint density at radius 1 is 1.21 bits per heavy atom. The van der Waals surface area contributed by atoms with Crippen molar-refractivity contribution in [2.45, 2.75) is 19.4 Å². The summed E-state index contributed by atoms with van der Waals surface area (Å²) in [5.41, 5.74) is 5.47. The molecule has 122 valence electrons. The molecule has 2 aromatic rings. The number of nitrogens with zero attached hydrogens (tertiary/aromatic N) is 2. The van der Waals surface area contributed by atoms with Gasteiger partial charge in [0.1, 0.15) is 0 Å². The first-order valence-electron chi connectivity index (χ1n) is 8.32. The van der Waals surface area contributed by atoms with Gasteiger partial charge in [0.2, 0.25) is 0 Å². The second-order valence-electron chi connectivity index (χ2n) is 6.36. The fraction of sp³-hybridized carbons (Fsp3) is 0.286. The molecular weight excluding hydrogens is 296 g/mol. The molecule has 0 saturated heterocycles. The fourth-order valence-electron chi connectivity index (χ4n) is 3.11. The molecule has 24 heavy (non-hydrogen) atoms. The largest absolute Gasteiger partial charge is 0.387 e. The Hall–Kier alpha value is -2.41. The number of aliphatic hydroxyl groups excluding tert-OH is 1. The van der Waals surface area contributed by atoms with Crippen molar-refractivity contribution in [3.8, 4) is 6.07 Å². The van der Waals surface area contributed by atoms with Crippen LogP contribution in [-0.2, 0) is 0 Å². The molecule has 0 fully saturated rings. The first-order chi connectivity index (χ1) is 11.7. The van der Waals surface area contributed by atoms with E-state index in [0.29, 0.717) is 12.1 Å². The summed E-state index contributed by atoms with van der Waals surface area (Å²) in [6.45, 7) is 4.54. The number of hydrogen-bond acceptors (Lipinski definition) is 3. The minimum Gasteiger partial charge on any atom is -0.387 e. The van der Waals surface area contributed by atoms with E-state index in [1.165, 1.54) is 16.7 Å². The zero-order valence-electron chi connectivity index (χ0n) is 13.9. The van der Waals surface area contributed by atoms with E-state index >= 15 is 0 Å². The third-order valence-corrected chi connectivity index (χ3v) is 4.54. The number of benzene rings is 2. The van der Waals surface area contributed by atoms with Crippen LogP contribution < -0.4 is 0 Å². The molecule has 0 radical (unpaired) electrons. The molecule has 1 aliphatic heterocycles. The summed E-state index contributed by atoms with van der Waals surface area (Å²) >= 11 is 0. The van der Waals surface area contributed by atoms with Crippen LogP contribution >= 0.6 is 0 Å². The maximum Gasteiger partial charge on any atom is 0.0991 e. The Kier molecular flexibility index (Phi) is 5.10. The van der Waals surface area contributed by atoms with Crippen LogP contribution in [0.15, 0.2) is 54.6 Å². The van der Waals surface area contributed by atoms with E-state index in [9.17, 15) is 5.11 Å². The van der Waals surface area contributed by atoms with Gasteiger partial charge in [0.25, 0.3) is 0 Å². The molecule has 0 saturated carbocycles. The highest BCUT2D eigenvalue weighted by atomic mass is 16.3. The van der Waals surface area contributed by atoms with Gasteiger partial charge in [0, 0.05) is 19.6 Å². The lowest BCUT2D eigenvalue weighted by Crippen LogP contribution is -2.32. The molecule has 0 aliphatic carbocycles. The summed E-state index contributed by atoms with van der Waals surface area (Å²) in [5.74, 6) is 0. The molecule has 3 nitrogen and oxygen atoms in total. The second-order valence-corrected chi connectivity index (χ2v) is 6.36. The Balaban J connectivity index is 1.61. The molecule has 1 atom stereocenters. The first-order valence-corrected chi connectivity index (χ1v) is 8.32. The Bertz CT molecular complexity index is 771. The molecule has 0 bridgehead atoms. The maximum atomic E-state index is 10.4. The van der Waals surface area contributed by atoms with Crippen molar-refractivity contribution in [1.29, 1.82) is 5.26 Å². The number of aryl methyl sites for hydroxylation is 1. The van der Waals surface area contributed by atoms with E-state index in [2.05, 4.69) is 48.2 Å². The number of nitriles is 1. The topological polar surface area (TPSA) is 47.3 Å². The first kappa shape index (κ1) is 16.4. The predicted molar refractivity (Wildman–Crippen MR) is 96.3 cm³/mol. The van der Waals surface area contributed by atoms with Crippen LogP contribution in [0, 0.1) is 18.3 Å². The van der Waals surface area contributed by atoms with Crippen LogP contribution in [-0.4, -0.2) is 29.6 Å². The zero-order chi connectivity index (χ0) is 16.9. The SMILES string of the molecule is Cc1cccc(C2=CCN(CC(O)c3ccc(C#N)cc3)CC2)c1. The molecular formula is C21H22N2O. The molecule has 0 amide bonds. The van der Waals surface area contributed by atoms with Gasteiger partial charge in [0.05, 0.1) is 17.7 Å². The van der Waals surface area contributed by atoms with E-state index in [-0.39, 0.29) is 0 Å². The molecule has 3 rings (SSSR count). The van der Waals surface area contributed by atoms with E-state index in [0.717, 1.165) is 25.1 Å². The van der Waals surface area contributed by atoms with E-state index in [1.807, 2.05) is 12.1 Å². The van der Waals surface area contributed by atoms with Gasteiger partial charge in [-0.3, -0.25) is 4.90 Å². The average molecular weight is 318 g/mol. The second kappa shape index (κ2) is 7.44. The van der Waals surface area contributed by atoms with Crippen molar-refractivity contribution in [1.82, 2.24) is 4.90 Å². The van der Waals surface area contributed by atoms with Crippen LogP contribution in [0.25, 0.3) is 5.57 Å². The lowest BCUT2D eigenvalue weighted by molar-refractivity contribution is 0.119. The lowest BCUT2D eigenvalue weighted by atomic mass is 9.97. The summed E-state index contributed by atoms with van der Waals surface area (Å²) in [5, 5.41) is 19.2. The van der Waals surface area contributed by atoms with Crippen molar-refractivity contribution < 1.29 is 5.11 Å². The van der Waals surface area contributed by atoms with Gasteiger partial charge in [-0.15, -0.1) is 0 Å². The van der Waals surface area contributed by atoms with Crippen LogP contribution in [0.5, 0.6) is 0 Å². The van der Waals surface area contributed by atoms with Gasteiger partial charge in [-0.1, -0.05) is 48.0 Å². The highest BCUT2D eigenvalue weighted by Crippen LogP contribution is 2.24. The molecule has 3 heteroatoms. The monoisotopic (exact) mass is 318 g/mol. The molecule has 1 N–H and O–H groups in total. The van der Waals surface area contributed by atoms with Crippen LogP contribution in [0.3, 0.4) is 0 Å². The van der Waals surface area contributed by atoms with Gasteiger partial charge in [-0.2, -0.15) is 5.26 Å². The predicted octanol–water partition coefficient (Wildman–Crippen LogP) is 3.69. The smallest absolute Gasteiger partial charge is 0.0991 e. The number of hydrogen-bond donors (Lipinski definition) is 1. The highest BCUT2D eigenvalue weighted by Gasteiger charge is 2.17. The fourth-order valence-corrected chi connectivity index (χ4v) is 3.11. The summed E-state index contributed by atoms with van der Waals surface area (Å²) in [6, 6.07) is 17.9. The lowest BCUT2D eigenvalue weighted by Gasteiger charge is -2.28. The Morgan fingerprint density at radius 3 is 2.62 bits per heavy atom. The van der Waals surface area contributed by atoms with Gasteiger partial charge in [-0.05, 0) is 42.2 Å². The van der Waals surface area contributed by atoms with Crippen molar-refractivity contribution in [2.75, 3.05) is 19.6 Å². The number of rotatable bonds is 4. The van der Waals surface area contributed by atoms with Crippen LogP contribution in [0.1, 0.15) is 34.8 Å². The van der Waals surface area contributed by atoms with Crippen molar-refractivity contribution in [3.05, 3.63) is 76.9 Å². The average Bonchev–Trinajstić information content (AvgIpc) is 2.62. The zero-order valence-corrected chi connectivity index (χ0v) is 13.9. The van der Waals surface area contributed by atoms with E-state index < -0.39 is 6.10 Å².